The summed E-state index contributed by atoms with van der Waals surface area (Å²) in [6.45, 7) is 1.43. The van der Waals surface area contributed by atoms with E-state index in [0.717, 1.165) is 10.6 Å². The van der Waals surface area contributed by atoms with Crippen molar-refractivity contribution in [3.63, 3.8) is 0 Å². The van der Waals surface area contributed by atoms with Crippen molar-refractivity contribution in [1.82, 2.24) is 0 Å². The summed E-state index contributed by atoms with van der Waals surface area (Å²) in [7, 11) is -2.25. The third-order valence-corrected chi connectivity index (χ3v) is 4.79. The molecule has 0 heterocycles. The predicted octanol–water partition coefficient (Wildman–Crippen LogP) is 2.63. The minimum Gasteiger partial charge on any atom is -0.497 e. The van der Waals surface area contributed by atoms with Gasteiger partial charge in [-0.05, 0) is 43.3 Å². The third kappa shape index (κ3) is 4.48. The molecule has 6 nitrogen and oxygen atoms in total. The number of nitrogens with one attached hydrogen (secondary N) is 1. The van der Waals surface area contributed by atoms with Crippen LogP contribution in [0.3, 0.4) is 0 Å². The van der Waals surface area contributed by atoms with E-state index in [4.69, 9.17) is 4.74 Å². The number of halogens is 1. The zero-order valence-electron chi connectivity index (χ0n) is 14.1. The number of carbonyl (C=O) groups is 1. The molecule has 0 aromatic heterocycles. The lowest BCUT2D eigenvalue weighted by molar-refractivity contribution is -0.116. The molecule has 2 rings (SSSR count). The first kappa shape index (κ1) is 18.7. The summed E-state index contributed by atoms with van der Waals surface area (Å²) in [5, 5.41) is 2.41. The summed E-state index contributed by atoms with van der Waals surface area (Å²) >= 11 is 0. The molecule has 2 aromatic rings. The van der Waals surface area contributed by atoms with Crippen molar-refractivity contribution in [3.8, 4) is 5.75 Å². The van der Waals surface area contributed by atoms with Crippen molar-refractivity contribution in [2.75, 3.05) is 23.0 Å². The Labute approximate surface area is 146 Å². The number of benzene rings is 2. The zero-order valence-corrected chi connectivity index (χ0v) is 14.9. The summed E-state index contributed by atoms with van der Waals surface area (Å²) in [6.07, 6.45) is 1.00. The lowest BCUT2D eigenvalue weighted by atomic mass is 10.2. The first-order valence-corrected chi connectivity index (χ1v) is 9.27. The van der Waals surface area contributed by atoms with Gasteiger partial charge in [-0.25, -0.2) is 12.8 Å². The molecule has 0 aliphatic heterocycles. The molecule has 1 N–H and O–H groups in total. The van der Waals surface area contributed by atoms with Crippen LogP contribution in [0, 0.1) is 5.82 Å². The largest absolute Gasteiger partial charge is 0.497 e. The van der Waals surface area contributed by atoms with E-state index in [1.54, 1.807) is 18.2 Å². The summed E-state index contributed by atoms with van der Waals surface area (Å²) in [4.78, 5) is 12.4. The lowest BCUT2D eigenvalue weighted by Gasteiger charge is -2.28. The average molecular weight is 366 g/mol. The van der Waals surface area contributed by atoms with Crippen LogP contribution in [0.2, 0.25) is 0 Å². The molecule has 0 aliphatic rings. The summed E-state index contributed by atoms with van der Waals surface area (Å²) in [5.74, 6) is -0.689. The molecule has 0 fully saturated rings. The Morgan fingerprint density at radius 2 is 1.76 bits per heavy atom. The van der Waals surface area contributed by atoms with Crippen molar-refractivity contribution < 1.29 is 22.3 Å². The maximum Gasteiger partial charge on any atom is 0.248 e. The Morgan fingerprint density at radius 3 is 2.28 bits per heavy atom. The number of hydrogen-bond acceptors (Lipinski definition) is 4. The van der Waals surface area contributed by atoms with E-state index in [1.165, 1.54) is 44.4 Å². The molecule has 0 unspecified atom stereocenters. The molecule has 0 saturated heterocycles. The van der Waals surface area contributed by atoms with Crippen molar-refractivity contribution in [1.29, 1.82) is 0 Å². The second-order valence-electron chi connectivity index (χ2n) is 5.40. The van der Waals surface area contributed by atoms with Crippen LogP contribution >= 0.6 is 0 Å². The quantitative estimate of drug-likeness (QED) is 0.853. The van der Waals surface area contributed by atoms with E-state index in [-0.39, 0.29) is 5.69 Å². The topological polar surface area (TPSA) is 75.7 Å². The van der Waals surface area contributed by atoms with E-state index in [9.17, 15) is 17.6 Å². The van der Waals surface area contributed by atoms with Crippen molar-refractivity contribution in [2.45, 2.75) is 13.0 Å². The van der Waals surface area contributed by atoms with Crippen molar-refractivity contribution >= 4 is 27.3 Å². The number of rotatable bonds is 6. The van der Waals surface area contributed by atoms with E-state index < -0.39 is 27.8 Å². The number of sulfonamides is 1. The summed E-state index contributed by atoms with van der Waals surface area (Å²) in [5.41, 5.74) is 0.294. The van der Waals surface area contributed by atoms with Gasteiger partial charge >= 0.3 is 0 Å². The summed E-state index contributed by atoms with van der Waals surface area (Å²) < 4.78 is 44.1. The van der Waals surface area contributed by atoms with Crippen LogP contribution in [0.25, 0.3) is 0 Å². The fraction of sp³-hybridized carbons (Fsp3) is 0.235. The van der Waals surface area contributed by atoms with E-state index in [2.05, 4.69) is 5.32 Å². The van der Waals surface area contributed by atoms with Gasteiger partial charge in [0.15, 0.2) is 0 Å². The van der Waals surface area contributed by atoms with Crippen LogP contribution in [0.15, 0.2) is 48.5 Å². The molecule has 8 heteroatoms. The second-order valence-corrected chi connectivity index (χ2v) is 7.26. The van der Waals surface area contributed by atoms with Gasteiger partial charge in [0.25, 0.3) is 0 Å². The van der Waals surface area contributed by atoms with E-state index >= 15 is 0 Å². The number of ether oxygens (including phenoxy) is 1. The molecule has 134 valence electrons. The monoisotopic (exact) mass is 366 g/mol. The molecule has 2 aromatic carbocycles. The Hall–Kier alpha value is -2.61. The molecule has 1 amide bonds. The highest BCUT2D eigenvalue weighted by molar-refractivity contribution is 7.92. The number of anilines is 2. The molecule has 0 saturated carbocycles. The van der Waals surface area contributed by atoms with Crippen molar-refractivity contribution in [2.24, 2.45) is 0 Å². The third-order valence-electron chi connectivity index (χ3n) is 3.55. The number of carbonyl (C=O) groups excluding carboxylic acids is 1. The number of para-hydroxylation sites is 1. The average Bonchev–Trinajstić information content (AvgIpc) is 2.56. The zero-order chi connectivity index (χ0) is 18.6. The smallest absolute Gasteiger partial charge is 0.248 e. The molecular formula is C17H19FN2O4S. The highest BCUT2D eigenvalue weighted by atomic mass is 32.2. The number of nitrogens with zero attached hydrogens (tertiary/aromatic N) is 1. The number of amides is 1. The van der Waals surface area contributed by atoms with Gasteiger partial charge in [-0.2, -0.15) is 0 Å². The van der Waals surface area contributed by atoms with Crippen LogP contribution in [0.1, 0.15) is 6.92 Å². The normalized spacial score (nSPS) is 12.3. The minimum absolute atomic E-state index is 0.0115. The highest BCUT2D eigenvalue weighted by Crippen LogP contribution is 2.24. The molecule has 0 spiro atoms. The molecule has 0 aliphatic carbocycles. The predicted molar refractivity (Wildman–Crippen MR) is 94.8 cm³/mol. The van der Waals surface area contributed by atoms with Crippen LogP contribution in [0.4, 0.5) is 15.8 Å². The Bertz CT molecular complexity index is 853. The highest BCUT2D eigenvalue weighted by Gasteiger charge is 2.29. The maximum atomic E-state index is 13.7. The van der Waals surface area contributed by atoms with Gasteiger partial charge in [0.2, 0.25) is 15.9 Å². The first-order valence-electron chi connectivity index (χ1n) is 7.43. The van der Waals surface area contributed by atoms with Crippen LogP contribution < -0.4 is 14.4 Å². The van der Waals surface area contributed by atoms with Gasteiger partial charge in [-0.3, -0.25) is 9.10 Å². The summed E-state index contributed by atoms with van der Waals surface area (Å²) in [6, 6.07) is 10.8. The maximum absolute atomic E-state index is 13.7. The SMILES string of the molecule is COc1ccc(N([C@@H](C)C(=O)Nc2ccccc2F)S(C)(=O)=O)cc1. The Balaban J connectivity index is 2.31. The van der Waals surface area contributed by atoms with Crippen molar-refractivity contribution in [3.05, 3.63) is 54.3 Å². The van der Waals surface area contributed by atoms with Gasteiger partial charge in [0, 0.05) is 0 Å². The fourth-order valence-corrected chi connectivity index (χ4v) is 3.51. The van der Waals surface area contributed by atoms with E-state index in [0.29, 0.717) is 11.4 Å². The molecule has 1 atom stereocenters. The molecule has 0 bridgehead atoms. The van der Waals surface area contributed by atoms with Gasteiger partial charge < -0.3 is 10.1 Å². The van der Waals surface area contributed by atoms with Gasteiger partial charge in [-0.1, -0.05) is 12.1 Å². The minimum atomic E-state index is -3.75. The Morgan fingerprint density at radius 1 is 1.16 bits per heavy atom. The van der Waals surface area contributed by atoms with Gasteiger partial charge in [0.1, 0.15) is 17.6 Å². The van der Waals surface area contributed by atoms with E-state index in [1.807, 2.05) is 0 Å². The second kappa shape index (κ2) is 7.52. The fourth-order valence-electron chi connectivity index (χ4n) is 2.34. The molecule has 25 heavy (non-hydrogen) atoms. The molecular weight excluding hydrogens is 347 g/mol. The van der Waals surface area contributed by atoms with Crippen LogP contribution in [0.5, 0.6) is 5.75 Å². The number of hydrogen-bond donors (Lipinski definition) is 1. The molecule has 0 radical (unpaired) electrons. The standard InChI is InChI=1S/C17H19FN2O4S/c1-12(17(21)19-16-7-5-4-6-15(16)18)20(25(3,22)23)13-8-10-14(24-2)11-9-13/h4-12H,1-3H3,(H,19,21)/t12-/m0/s1. The number of methoxy groups -OCH3 is 1. The lowest BCUT2D eigenvalue weighted by Crippen LogP contribution is -2.45. The van der Waals surface area contributed by atoms with Gasteiger partial charge in [-0.15, -0.1) is 0 Å². The van der Waals surface area contributed by atoms with Crippen LogP contribution in [-0.2, 0) is 14.8 Å². The van der Waals surface area contributed by atoms with Crippen LogP contribution in [-0.4, -0.2) is 33.7 Å². The van der Waals surface area contributed by atoms with Gasteiger partial charge in [0.05, 0.1) is 24.7 Å². The first-order chi connectivity index (χ1) is 11.7. The Kier molecular flexibility index (Phi) is 5.63.